The van der Waals surface area contributed by atoms with Gasteiger partial charge in [0.25, 0.3) is 0 Å². The molecule has 0 aromatic carbocycles. The smallest absolute Gasteiger partial charge is 0.0216 e. The van der Waals surface area contributed by atoms with Crippen molar-refractivity contribution >= 4 is 11.3 Å². The van der Waals surface area contributed by atoms with E-state index in [2.05, 4.69) is 17.6 Å². The normalized spacial score (nSPS) is 18.4. The predicted octanol–water partition coefficient (Wildman–Crippen LogP) is 5.08. The molecule has 0 saturated carbocycles. The Morgan fingerprint density at radius 1 is 0.947 bits per heavy atom. The highest BCUT2D eigenvalue weighted by Gasteiger charge is 2.11. The standard InChI is InChI=1S/C17H29NS/c1-2-18-13-15-14-19-17-12-10-8-6-4-3-5-7-9-11-16(15)17/h14,18H,2-13H2,1H3. The van der Waals surface area contributed by atoms with E-state index in [0.29, 0.717) is 0 Å². The van der Waals surface area contributed by atoms with Gasteiger partial charge in [0.1, 0.15) is 0 Å². The molecule has 0 spiro atoms. The fourth-order valence-corrected chi connectivity index (χ4v) is 4.18. The second kappa shape index (κ2) is 8.76. The van der Waals surface area contributed by atoms with Crippen molar-refractivity contribution in [1.29, 1.82) is 0 Å². The van der Waals surface area contributed by atoms with Gasteiger partial charge in [0.15, 0.2) is 0 Å². The van der Waals surface area contributed by atoms with E-state index >= 15 is 0 Å². The van der Waals surface area contributed by atoms with Crippen molar-refractivity contribution in [3.63, 3.8) is 0 Å². The monoisotopic (exact) mass is 279 g/mol. The van der Waals surface area contributed by atoms with E-state index in [1.165, 1.54) is 64.2 Å². The summed E-state index contributed by atoms with van der Waals surface area (Å²) in [6.45, 7) is 4.34. The van der Waals surface area contributed by atoms with Crippen molar-refractivity contribution in [2.45, 2.75) is 77.7 Å². The molecule has 0 saturated heterocycles. The van der Waals surface area contributed by atoms with Gasteiger partial charge >= 0.3 is 0 Å². The fourth-order valence-electron chi connectivity index (χ4n) is 3.03. The highest BCUT2D eigenvalue weighted by atomic mass is 32.1. The van der Waals surface area contributed by atoms with Gasteiger partial charge in [0.2, 0.25) is 0 Å². The Morgan fingerprint density at radius 2 is 1.58 bits per heavy atom. The summed E-state index contributed by atoms with van der Waals surface area (Å²) in [4.78, 5) is 1.69. The summed E-state index contributed by atoms with van der Waals surface area (Å²) in [6, 6.07) is 0. The summed E-state index contributed by atoms with van der Waals surface area (Å²) in [6.07, 6.45) is 14.1. The topological polar surface area (TPSA) is 12.0 Å². The Bertz CT molecular complexity index is 356. The van der Waals surface area contributed by atoms with E-state index in [1.807, 2.05) is 11.3 Å². The molecule has 0 unspecified atom stereocenters. The molecular formula is C17H29NS. The van der Waals surface area contributed by atoms with Crippen LogP contribution in [0, 0.1) is 0 Å². The van der Waals surface area contributed by atoms with Gasteiger partial charge in [0.05, 0.1) is 0 Å². The van der Waals surface area contributed by atoms with Crippen LogP contribution in [0.15, 0.2) is 5.38 Å². The lowest BCUT2D eigenvalue weighted by atomic mass is 9.98. The van der Waals surface area contributed by atoms with E-state index in [4.69, 9.17) is 0 Å². The van der Waals surface area contributed by atoms with Gasteiger partial charge in [-0.15, -0.1) is 11.3 Å². The zero-order valence-electron chi connectivity index (χ0n) is 12.5. The minimum Gasteiger partial charge on any atom is -0.313 e. The van der Waals surface area contributed by atoms with Gasteiger partial charge in [-0.25, -0.2) is 0 Å². The maximum absolute atomic E-state index is 3.49. The molecule has 1 aromatic rings. The largest absolute Gasteiger partial charge is 0.313 e. The summed E-state index contributed by atoms with van der Waals surface area (Å²) in [5, 5.41) is 5.90. The fraction of sp³-hybridized carbons (Fsp3) is 0.765. The molecule has 0 fully saturated rings. The summed E-state index contributed by atoms with van der Waals surface area (Å²) >= 11 is 2.01. The zero-order chi connectivity index (χ0) is 13.3. The van der Waals surface area contributed by atoms with Gasteiger partial charge in [0, 0.05) is 11.4 Å². The highest BCUT2D eigenvalue weighted by Crippen LogP contribution is 2.27. The van der Waals surface area contributed by atoms with Crippen LogP contribution in [0.4, 0.5) is 0 Å². The Hall–Kier alpha value is -0.340. The Labute approximate surface area is 122 Å². The van der Waals surface area contributed by atoms with E-state index in [9.17, 15) is 0 Å². The van der Waals surface area contributed by atoms with Crippen LogP contribution in [0.25, 0.3) is 0 Å². The maximum Gasteiger partial charge on any atom is 0.0216 e. The van der Waals surface area contributed by atoms with Crippen molar-refractivity contribution in [1.82, 2.24) is 5.32 Å². The van der Waals surface area contributed by atoms with Crippen molar-refractivity contribution < 1.29 is 0 Å². The van der Waals surface area contributed by atoms with Crippen molar-refractivity contribution in [2.24, 2.45) is 0 Å². The molecule has 0 amide bonds. The van der Waals surface area contributed by atoms with Crippen LogP contribution in [0.2, 0.25) is 0 Å². The third-order valence-corrected chi connectivity index (χ3v) is 5.35. The lowest BCUT2D eigenvalue weighted by molar-refractivity contribution is 0.560. The second-order valence-electron chi connectivity index (χ2n) is 5.77. The third kappa shape index (κ3) is 4.92. The van der Waals surface area contributed by atoms with E-state index in [1.54, 1.807) is 16.0 Å². The van der Waals surface area contributed by atoms with E-state index in [0.717, 1.165) is 13.1 Å². The zero-order valence-corrected chi connectivity index (χ0v) is 13.3. The van der Waals surface area contributed by atoms with Crippen molar-refractivity contribution in [3.05, 3.63) is 21.4 Å². The van der Waals surface area contributed by atoms with Crippen LogP contribution in [-0.4, -0.2) is 6.54 Å². The van der Waals surface area contributed by atoms with Gasteiger partial charge in [-0.2, -0.15) is 0 Å². The van der Waals surface area contributed by atoms with Crippen molar-refractivity contribution in [2.75, 3.05) is 6.54 Å². The van der Waals surface area contributed by atoms with Crippen LogP contribution in [0.3, 0.4) is 0 Å². The summed E-state index contributed by atoms with van der Waals surface area (Å²) in [5.74, 6) is 0. The van der Waals surface area contributed by atoms with Gasteiger partial charge < -0.3 is 5.32 Å². The molecule has 0 radical (unpaired) electrons. The highest BCUT2D eigenvalue weighted by molar-refractivity contribution is 7.10. The number of nitrogens with one attached hydrogen (secondary N) is 1. The Balaban J connectivity index is 2.01. The van der Waals surface area contributed by atoms with Crippen molar-refractivity contribution in [3.8, 4) is 0 Å². The SMILES string of the molecule is CCNCc1csc2c1CCCCCCCCCC2. The van der Waals surface area contributed by atoms with Crippen LogP contribution < -0.4 is 5.32 Å². The third-order valence-electron chi connectivity index (χ3n) is 4.21. The van der Waals surface area contributed by atoms with Crippen LogP contribution in [0.1, 0.15) is 74.3 Å². The Kier molecular flexibility index (Phi) is 6.94. The molecule has 108 valence electrons. The van der Waals surface area contributed by atoms with Crippen LogP contribution in [-0.2, 0) is 19.4 Å². The lowest BCUT2D eigenvalue weighted by Crippen LogP contribution is -2.12. The van der Waals surface area contributed by atoms with Gasteiger partial charge in [-0.1, -0.05) is 45.4 Å². The molecule has 1 heterocycles. The van der Waals surface area contributed by atoms with Crippen LogP contribution >= 0.6 is 11.3 Å². The molecule has 0 atom stereocenters. The second-order valence-corrected chi connectivity index (χ2v) is 6.74. The number of aryl methyl sites for hydroxylation is 1. The molecule has 1 aromatic heterocycles. The summed E-state index contributed by atoms with van der Waals surface area (Å²) in [5.41, 5.74) is 3.28. The minimum absolute atomic E-state index is 1.07. The number of hydrogen-bond acceptors (Lipinski definition) is 2. The molecule has 2 rings (SSSR count). The predicted molar refractivity (Wildman–Crippen MR) is 86.0 cm³/mol. The first kappa shape index (κ1) is 15.1. The van der Waals surface area contributed by atoms with Gasteiger partial charge in [-0.05, 0) is 48.7 Å². The van der Waals surface area contributed by atoms with E-state index < -0.39 is 0 Å². The molecule has 0 bridgehead atoms. The maximum atomic E-state index is 3.49. The molecule has 1 N–H and O–H groups in total. The Morgan fingerprint density at radius 3 is 2.26 bits per heavy atom. The summed E-state index contributed by atoms with van der Waals surface area (Å²) in [7, 11) is 0. The minimum atomic E-state index is 1.07. The first-order chi connectivity index (χ1) is 9.42. The quantitative estimate of drug-likeness (QED) is 0.814. The average Bonchev–Trinajstić information content (AvgIpc) is 2.78. The molecule has 0 aliphatic heterocycles. The number of fused-ring (bicyclic) bond motifs is 1. The number of hydrogen-bond donors (Lipinski definition) is 1. The van der Waals surface area contributed by atoms with E-state index in [-0.39, 0.29) is 0 Å². The summed E-state index contributed by atoms with van der Waals surface area (Å²) < 4.78 is 0. The first-order valence-corrected chi connectivity index (χ1v) is 9.08. The average molecular weight is 279 g/mol. The lowest BCUT2D eigenvalue weighted by Gasteiger charge is -2.10. The van der Waals surface area contributed by atoms with Crippen LogP contribution in [0.5, 0.6) is 0 Å². The number of thiophene rings is 1. The molecule has 1 aliphatic carbocycles. The first-order valence-electron chi connectivity index (χ1n) is 8.20. The van der Waals surface area contributed by atoms with Gasteiger partial charge in [-0.3, -0.25) is 0 Å². The molecule has 1 aliphatic rings. The molecule has 1 nitrogen and oxygen atoms in total. The molecule has 2 heteroatoms. The number of rotatable bonds is 3. The molecule has 19 heavy (non-hydrogen) atoms. The molecular weight excluding hydrogens is 250 g/mol.